The highest BCUT2D eigenvalue weighted by molar-refractivity contribution is 5.88. The Labute approximate surface area is 121 Å². The van der Waals surface area contributed by atoms with Gasteiger partial charge in [-0.25, -0.2) is 4.79 Å². The molecule has 1 unspecified atom stereocenters. The minimum absolute atomic E-state index is 0.240. The third-order valence-electron chi connectivity index (χ3n) is 4.27. The van der Waals surface area contributed by atoms with E-state index in [1.807, 2.05) is 13.0 Å². The van der Waals surface area contributed by atoms with Crippen LogP contribution in [-0.4, -0.2) is 11.1 Å². The van der Waals surface area contributed by atoms with Gasteiger partial charge in [0.05, 0.1) is 5.56 Å². The molecule has 2 rings (SSSR count). The molecular formula is C18H24O2. The quantitative estimate of drug-likeness (QED) is 0.829. The summed E-state index contributed by atoms with van der Waals surface area (Å²) in [5.74, 6) is -0.310. The summed E-state index contributed by atoms with van der Waals surface area (Å²) in [5, 5.41) is 9.08. The van der Waals surface area contributed by atoms with Crippen LogP contribution in [0.4, 0.5) is 0 Å². The molecule has 0 radical (unpaired) electrons. The second kappa shape index (κ2) is 5.43. The van der Waals surface area contributed by atoms with Gasteiger partial charge in [0.1, 0.15) is 0 Å². The van der Waals surface area contributed by atoms with Crippen molar-refractivity contribution in [3.8, 4) is 0 Å². The van der Waals surface area contributed by atoms with Crippen LogP contribution in [0.1, 0.15) is 61.5 Å². The number of hydrogen-bond donors (Lipinski definition) is 1. The van der Waals surface area contributed by atoms with Crippen molar-refractivity contribution < 1.29 is 9.90 Å². The summed E-state index contributed by atoms with van der Waals surface area (Å²) in [5.41, 5.74) is 4.29. The van der Waals surface area contributed by atoms with Crippen molar-refractivity contribution >= 4 is 11.5 Å². The number of allylic oxidation sites excluding steroid dienone is 2. The summed E-state index contributed by atoms with van der Waals surface area (Å²) < 4.78 is 0. The fraction of sp³-hybridized carbons (Fsp3) is 0.500. The van der Waals surface area contributed by atoms with Gasteiger partial charge in [0.15, 0.2) is 0 Å². The summed E-state index contributed by atoms with van der Waals surface area (Å²) in [4.78, 5) is 11.0. The molecular weight excluding hydrogens is 248 g/mol. The van der Waals surface area contributed by atoms with Crippen LogP contribution in [0.5, 0.6) is 0 Å². The number of aryl methyl sites for hydroxylation is 1. The predicted octanol–water partition coefficient (Wildman–Crippen LogP) is 4.92. The van der Waals surface area contributed by atoms with Crippen molar-refractivity contribution in [3.63, 3.8) is 0 Å². The minimum atomic E-state index is -0.857. The predicted molar refractivity (Wildman–Crippen MR) is 82.9 cm³/mol. The molecule has 0 saturated carbocycles. The fourth-order valence-electron chi connectivity index (χ4n) is 3.20. The molecule has 1 aliphatic carbocycles. The zero-order valence-electron chi connectivity index (χ0n) is 12.9. The molecule has 1 aliphatic rings. The Morgan fingerprint density at radius 1 is 1.30 bits per heavy atom. The molecule has 1 N–H and O–H groups in total. The first-order chi connectivity index (χ1) is 9.30. The maximum Gasteiger partial charge on any atom is 0.335 e. The Morgan fingerprint density at radius 3 is 2.55 bits per heavy atom. The number of carboxylic acid groups (broad SMARTS) is 1. The maximum absolute atomic E-state index is 11.0. The van der Waals surface area contributed by atoms with Gasteiger partial charge in [-0.05, 0) is 66.4 Å². The van der Waals surface area contributed by atoms with E-state index in [0.717, 1.165) is 12.0 Å². The van der Waals surface area contributed by atoms with Gasteiger partial charge in [-0.3, -0.25) is 0 Å². The molecule has 0 bridgehead atoms. The topological polar surface area (TPSA) is 37.3 Å². The van der Waals surface area contributed by atoms with Crippen molar-refractivity contribution in [3.05, 3.63) is 41.0 Å². The van der Waals surface area contributed by atoms with Crippen molar-refractivity contribution in [2.45, 2.75) is 47.0 Å². The second-order valence-corrected chi connectivity index (χ2v) is 6.84. The monoisotopic (exact) mass is 272 g/mol. The standard InChI is InChI=1S/C18H24O2/c1-12-11-13(17(19)20)9-10-14(12)15-7-5-6-8-16(15)18(2,3)4/h7,9-11,16H,5-6,8H2,1-4H3,(H,19,20). The SMILES string of the molecule is Cc1cc(C(=O)O)ccc1C1=CCCCC1C(C)(C)C. The molecule has 0 spiro atoms. The van der Waals surface area contributed by atoms with Crippen molar-refractivity contribution in [1.29, 1.82) is 0 Å². The molecule has 20 heavy (non-hydrogen) atoms. The van der Waals surface area contributed by atoms with Crippen LogP contribution in [0.2, 0.25) is 0 Å². The summed E-state index contributed by atoms with van der Waals surface area (Å²) >= 11 is 0. The normalized spacial score (nSPS) is 19.6. The number of benzene rings is 1. The van der Waals surface area contributed by atoms with Crippen LogP contribution in [0, 0.1) is 18.3 Å². The number of hydrogen-bond acceptors (Lipinski definition) is 1. The van der Waals surface area contributed by atoms with Gasteiger partial charge < -0.3 is 5.11 Å². The third-order valence-corrected chi connectivity index (χ3v) is 4.27. The molecule has 0 aromatic heterocycles. The molecule has 0 saturated heterocycles. The van der Waals surface area contributed by atoms with E-state index in [1.165, 1.54) is 24.0 Å². The first kappa shape index (κ1) is 14.8. The molecule has 2 heteroatoms. The third kappa shape index (κ3) is 2.95. The lowest BCUT2D eigenvalue weighted by Gasteiger charge is -2.36. The van der Waals surface area contributed by atoms with Crippen molar-refractivity contribution in [1.82, 2.24) is 0 Å². The second-order valence-electron chi connectivity index (χ2n) is 6.84. The lowest BCUT2D eigenvalue weighted by atomic mass is 9.69. The Kier molecular flexibility index (Phi) is 4.03. The molecule has 0 fully saturated rings. The lowest BCUT2D eigenvalue weighted by Crippen LogP contribution is -2.24. The smallest absolute Gasteiger partial charge is 0.335 e. The molecule has 1 aromatic rings. The van der Waals surface area contributed by atoms with Crippen LogP contribution < -0.4 is 0 Å². The van der Waals surface area contributed by atoms with Gasteiger partial charge >= 0.3 is 5.97 Å². The summed E-state index contributed by atoms with van der Waals surface area (Å²) in [7, 11) is 0. The van der Waals surface area contributed by atoms with E-state index in [9.17, 15) is 4.79 Å². The Morgan fingerprint density at radius 2 is 2.00 bits per heavy atom. The van der Waals surface area contributed by atoms with E-state index < -0.39 is 5.97 Å². The van der Waals surface area contributed by atoms with Gasteiger partial charge in [0, 0.05) is 0 Å². The number of rotatable bonds is 2. The molecule has 0 amide bonds. The zero-order chi connectivity index (χ0) is 14.9. The van der Waals surface area contributed by atoms with Crippen LogP contribution in [0.25, 0.3) is 5.57 Å². The average Bonchev–Trinajstić information content (AvgIpc) is 2.37. The van der Waals surface area contributed by atoms with Crippen molar-refractivity contribution in [2.24, 2.45) is 11.3 Å². The number of aromatic carboxylic acids is 1. The zero-order valence-corrected chi connectivity index (χ0v) is 12.9. The highest BCUT2D eigenvalue weighted by Gasteiger charge is 2.30. The molecule has 108 valence electrons. The largest absolute Gasteiger partial charge is 0.478 e. The van der Waals surface area contributed by atoms with Crippen LogP contribution in [0.15, 0.2) is 24.3 Å². The summed E-state index contributed by atoms with van der Waals surface area (Å²) in [6.45, 7) is 8.88. The van der Waals surface area contributed by atoms with Gasteiger partial charge in [-0.15, -0.1) is 0 Å². The molecule has 2 nitrogen and oxygen atoms in total. The number of carbonyl (C=O) groups is 1. The molecule has 0 aliphatic heterocycles. The minimum Gasteiger partial charge on any atom is -0.478 e. The van der Waals surface area contributed by atoms with Crippen LogP contribution >= 0.6 is 0 Å². The summed E-state index contributed by atoms with van der Waals surface area (Å²) in [6, 6.07) is 5.49. The van der Waals surface area contributed by atoms with Gasteiger partial charge in [-0.1, -0.05) is 32.9 Å². The van der Waals surface area contributed by atoms with Gasteiger partial charge in [0.25, 0.3) is 0 Å². The van der Waals surface area contributed by atoms with Gasteiger partial charge in [-0.2, -0.15) is 0 Å². The fourth-order valence-corrected chi connectivity index (χ4v) is 3.20. The Balaban J connectivity index is 2.44. The van der Waals surface area contributed by atoms with E-state index in [1.54, 1.807) is 12.1 Å². The first-order valence-corrected chi connectivity index (χ1v) is 7.35. The van der Waals surface area contributed by atoms with E-state index in [-0.39, 0.29) is 5.41 Å². The van der Waals surface area contributed by atoms with E-state index in [0.29, 0.717) is 11.5 Å². The Hall–Kier alpha value is -1.57. The van der Waals surface area contributed by atoms with E-state index >= 15 is 0 Å². The Bertz CT molecular complexity index is 547. The maximum atomic E-state index is 11.0. The van der Waals surface area contributed by atoms with E-state index in [4.69, 9.17) is 5.11 Å². The van der Waals surface area contributed by atoms with Crippen LogP contribution in [0.3, 0.4) is 0 Å². The summed E-state index contributed by atoms with van der Waals surface area (Å²) in [6.07, 6.45) is 5.94. The first-order valence-electron chi connectivity index (χ1n) is 7.35. The molecule has 1 atom stereocenters. The highest BCUT2D eigenvalue weighted by atomic mass is 16.4. The van der Waals surface area contributed by atoms with E-state index in [2.05, 4.69) is 26.8 Å². The molecule has 0 heterocycles. The number of carboxylic acids is 1. The average molecular weight is 272 g/mol. The van der Waals surface area contributed by atoms with Gasteiger partial charge in [0.2, 0.25) is 0 Å². The van der Waals surface area contributed by atoms with Crippen molar-refractivity contribution in [2.75, 3.05) is 0 Å². The lowest BCUT2D eigenvalue weighted by molar-refractivity contribution is 0.0696. The van der Waals surface area contributed by atoms with Crippen LogP contribution in [-0.2, 0) is 0 Å². The molecule has 1 aromatic carbocycles. The highest BCUT2D eigenvalue weighted by Crippen LogP contribution is 2.44.